The number of unbranched alkanes of at least 4 members (excludes halogenated alkanes) is 2. The monoisotopic (exact) mass is 334 g/mol. The lowest BCUT2D eigenvalue weighted by atomic mass is 10.2. The van der Waals surface area contributed by atoms with Crippen molar-refractivity contribution in [2.45, 2.75) is 26.2 Å². The van der Waals surface area contributed by atoms with Crippen LogP contribution in [-0.2, 0) is 4.74 Å². The van der Waals surface area contributed by atoms with Gasteiger partial charge in [-0.1, -0.05) is 19.8 Å². The van der Waals surface area contributed by atoms with Crippen LogP contribution >= 0.6 is 22.6 Å². The van der Waals surface area contributed by atoms with Crippen molar-refractivity contribution in [3.05, 3.63) is 21.4 Å². The maximum Gasteiger partial charge on any atom is 0.339 e. The van der Waals surface area contributed by atoms with Crippen molar-refractivity contribution in [3.63, 3.8) is 0 Å². The first-order chi connectivity index (χ1) is 7.65. The first-order valence-corrected chi connectivity index (χ1v) is 6.31. The van der Waals surface area contributed by atoms with E-state index in [1.54, 1.807) is 12.3 Å². The Kier molecular flexibility index (Phi) is 5.51. The highest BCUT2D eigenvalue weighted by Crippen LogP contribution is 2.14. The molecule has 0 amide bonds. The molecule has 0 aliphatic carbocycles. The zero-order chi connectivity index (χ0) is 12.0. The molecule has 0 saturated heterocycles. The lowest BCUT2D eigenvalue weighted by molar-refractivity contribution is 0.0497. The number of ether oxygens (including phenoxy) is 1. The third kappa shape index (κ3) is 3.96. The molecule has 0 aliphatic heterocycles. The van der Waals surface area contributed by atoms with E-state index in [0.29, 0.717) is 18.0 Å². The number of anilines is 1. The largest absolute Gasteiger partial charge is 0.462 e. The fraction of sp³-hybridized carbons (Fsp3) is 0.455. The molecule has 1 aromatic heterocycles. The van der Waals surface area contributed by atoms with Crippen LogP contribution in [0.4, 0.5) is 5.82 Å². The van der Waals surface area contributed by atoms with E-state index in [-0.39, 0.29) is 5.97 Å². The summed E-state index contributed by atoms with van der Waals surface area (Å²) < 4.78 is 5.90. The van der Waals surface area contributed by atoms with E-state index in [0.717, 1.165) is 22.8 Å². The van der Waals surface area contributed by atoms with Gasteiger partial charge in [-0.15, -0.1) is 0 Å². The average molecular weight is 334 g/mol. The smallest absolute Gasteiger partial charge is 0.339 e. The molecule has 0 unspecified atom stereocenters. The molecule has 0 saturated carbocycles. The Morgan fingerprint density at radius 2 is 2.31 bits per heavy atom. The number of rotatable bonds is 5. The van der Waals surface area contributed by atoms with Gasteiger partial charge < -0.3 is 10.5 Å². The number of carbonyl (C=O) groups excluding carboxylic acids is 1. The molecule has 1 heterocycles. The fourth-order valence-corrected chi connectivity index (χ4v) is 1.72. The van der Waals surface area contributed by atoms with E-state index < -0.39 is 0 Å². The minimum atomic E-state index is -0.324. The number of nitrogen functional groups attached to an aromatic ring is 1. The van der Waals surface area contributed by atoms with E-state index in [2.05, 4.69) is 11.9 Å². The predicted octanol–water partition coefficient (Wildman–Crippen LogP) is 2.62. The highest BCUT2D eigenvalue weighted by Gasteiger charge is 2.12. The van der Waals surface area contributed by atoms with Gasteiger partial charge in [0.15, 0.2) is 0 Å². The Hall–Kier alpha value is -0.850. The number of esters is 1. The Balaban J connectivity index is 2.55. The number of nitrogens with two attached hydrogens (primary N) is 1. The van der Waals surface area contributed by atoms with Gasteiger partial charge in [0, 0.05) is 9.77 Å². The molecular weight excluding hydrogens is 319 g/mol. The summed E-state index contributed by atoms with van der Waals surface area (Å²) in [4.78, 5) is 15.6. The van der Waals surface area contributed by atoms with Crippen LogP contribution in [0, 0.1) is 3.57 Å². The first-order valence-electron chi connectivity index (χ1n) is 5.23. The van der Waals surface area contributed by atoms with Crippen molar-refractivity contribution in [2.24, 2.45) is 0 Å². The van der Waals surface area contributed by atoms with E-state index >= 15 is 0 Å². The summed E-state index contributed by atoms with van der Waals surface area (Å²) in [5.41, 5.74) is 6.01. The highest BCUT2D eigenvalue weighted by molar-refractivity contribution is 14.1. The summed E-state index contributed by atoms with van der Waals surface area (Å²) in [5, 5.41) is 0. The van der Waals surface area contributed by atoms with Gasteiger partial charge in [-0.3, -0.25) is 0 Å². The van der Waals surface area contributed by atoms with Crippen molar-refractivity contribution in [3.8, 4) is 0 Å². The second kappa shape index (κ2) is 6.67. The van der Waals surface area contributed by atoms with E-state index in [9.17, 15) is 4.79 Å². The first kappa shape index (κ1) is 13.2. The van der Waals surface area contributed by atoms with E-state index in [1.165, 1.54) is 0 Å². The van der Waals surface area contributed by atoms with E-state index in [1.807, 2.05) is 22.6 Å². The molecule has 0 radical (unpaired) electrons. The third-order valence-corrected chi connectivity index (χ3v) is 2.94. The maximum absolute atomic E-state index is 11.7. The van der Waals surface area contributed by atoms with Crippen LogP contribution in [0.5, 0.6) is 0 Å². The molecule has 1 rings (SSSR count). The number of halogens is 1. The predicted molar refractivity (Wildman–Crippen MR) is 71.2 cm³/mol. The zero-order valence-electron chi connectivity index (χ0n) is 9.20. The van der Waals surface area contributed by atoms with Crippen LogP contribution in [0.2, 0.25) is 0 Å². The molecule has 1 aromatic rings. The Bertz CT molecular complexity index is 369. The van der Waals surface area contributed by atoms with Gasteiger partial charge in [0.2, 0.25) is 0 Å². The minimum Gasteiger partial charge on any atom is -0.462 e. The van der Waals surface area contributed by atoms with Crippen LogP contribution in [0.1, 0.15) is 36.5 Å². The molecule has 2 N–H and O–H groups in total. The summed E-state index contributed by atoms with van der Waals surface area (Å²) in [6.07, 6.45) is 4.65. The molecule has 0 spiro atoms. The number of hydrogen-bond acceptors (Lipinski definition) is 4. The standard InChI is InChI=1S/C11H15IN2O2/c1-2-3-4-5-16-11(15)8-6-10(13)14-7-9(8)12/h6-7H,2-5H2,1H3,(H2,13,14). The summed E-state index contributed by atoms with van der Waals surface area (Å²) >= 11 is 2.04. The lowest BCUT2D eigenvalue weighted by Crippen LogP contribution is -2.09. The Labute approximate surface area is 109 Å². The highest BCUT2D eigenvalue weighted by atomic mass is 127. The molecule has 0 bridgehead atoms. The van der Waals surface area contributed by atoms with Gasteiger partial charge in [0.05, 0.1) is 12.2 Å². The summed E-state index contributed by atoms with van der Waals surface area (Å²) in [6.45, 7) is 2.57. The number of nitrogens with zero attached hydrogens (tertiary/aromatic N) is 1. The van der Waals surface area contributed by atoms with E-state index in [4.69, 9.17) is 10.5 Å². The zero-order valence-corrected chi connectivity index (χ0v) is 11.4. The molecule has 88 valence electrons. The van der Waals surface area contributed by atoms with Gasteiger partial charge in [-0.2, -0.15) is 0 Å². The average Bonchev–Trinajstić information content (AvgIpc) is 2.27. The fourth-order valence-electron chi connectivity index (χ4n) is 1.21. The second-order valence-corrected chi connectivity index (χ2v) is 4.59. The van der Waals surface area contributed by atoms with Crippen LogP contribution in [0.15, 0.2) is 12.3 Å². The molecule has 0 atom stereocenters. The van der Waals surface area contributed by atoms with Crippen molar-refractivity contribution >= 4 is 34.4 Å². The summed E-state index contributed by atoms with van der Waals surface area (Å²) in [6, 6.07) is 1.55. The van der Waals surface area contributed by atoms with Gasteiger partial charge in [0.25, 0.3) is 0 Å². The van der Waals surface area contributed by atoms with Crippen molar-refractivity contribution in [1.29, 1.82) is 0 Å². The molecule has 5 heteroatoms. The van der Waals surface area contributed by atoms with Crippen molar-refractivity contribution < 1.29 is 9.53 Å². The molecule has 4 nitrogen and oxygen atoms in total. The number of pyridine rings is 1. The topological polar surface area (TPSA) is 65.2 Å². The van der Waals surface area contributed by atoms with Crippen molar-refractivity contribution in [2.75, 3.05) is 12.3 Å². The lowest BCUT2D eigenvalue weighted by Gasteiger charge is -2.06. The molecule has 0 aromatic carbocycles. The third-order valence-electron chi connectivity index (χ3n) is 2.08. The number of hydrogen-bond donors (Lipinski definition) is 1. The molecule has 16 heavy (non-hydrogen) atoms. The quantitative estimate of drug-likeness (QED) is 0.511. The summed E-state index contributed by atoms with van der Waals surface area (Å²) in [5.74, 6) is 0.00975. The minimum absolute atomic E-state index is 0.324. The van der Waals surface area contributed by atoms with Crippen LogP contribution in [-0.4, -0.2) is 17.6 Å². The van der Waals surface area contributed by atoms with Gasteiger partial charge in [-0.25, -0.2) is 9.78 Å². The SMILES string of the molecule is CCCCCOC(=O)c1cc(N)ncc1I. The Morgan fingerprint density at radius 3 is 3.00 bits per heavy atom. The number of aromatic nitrogens is 1. The van der Waals surface area contributed by atoms with Gasteiger partial charge in [0.1, 0.15) is 5.82 Å². The summed E-state index contributed by atoms with van der Waals surface area (Å²) in [7, 11) is 0. The number of carbonyl (C=O) groups is 1. The van der Waals surface area contributed by atoms with Gasteiger partial charge in [-0.05, 0) is 35.1 Å². The van der Waals surface area contributed by atoms with Gasteiger partial charge >= 0.3 is 5.97 Å². The molecule has 0 aliphatic rings. The molecular formula is C11H15IN2O2. The second-order valence-electron chi connectivity index (χ2n) is 3.43. The van der Waals surface area contributed by atoms with Crippen LogP contribution in [0.25, 0.3) is 0 Å². The normalized spacial score (nSPS) is 10.1. The Morgan fingerprint density at radius 1 is 1.56 bits per heavy atom. The molecule has 0 fully saturated rings. The maximum atomic E-state index is 11.7. The van der Waals surface area contributed by atoms with Crippen molar-refractivity contribution in [1.82, 2.24) is 4.98 Å². The van der Waals surface area contributed by atoms with Crippen LogP contribution < -0.4 is 5.73 Å². The van der Waals surface area contributed by atoms with Crippen LogP contribution in [0.3, 0.4) is 0 Å².